The summed E-state index contributed by atoms with van der Waals surface area (Å²) in [6, 6.07) is 7.48. The summed E-state index contributed by atoms with van der Waals surface area (Å²) >= 11 is 0. The molecule has 0 radical (unpaired) electrons. The summed E-state index contributed by atoms with van der Waals surface area (Å²) in [7, 11) is -3.91. The van der Waals surface area contributed by atoms with Gasteiger partial charge in [-0.05, 0) is 19.1 Å². The molecule has 1 atom stereocenters. The average Bonchev–Trinajstić information content (AvgIpc) is 2.27. The number of amides is 1. The summed E-state index contributed by atoms with van der Waals surface area (Å²) in [4.78, 5) is 11.3. The van der Waals surface area contributed by atoms with Crippen LogP contribution in [-0.4, -0.2) is 14.3 Å². The van der Waals surface area contributed by atoms with Crippen LogP contribution in [-0.2, 0) is 14.8 Å². The van der Waals surface area contributed by atoms with Gasteiger partial charge in [-0.3, -0.25) is 4.79 Å². The quantitative estimate of drug-likeness (QED) is 0.813. The molecule has 0 heterocycles. The number of carbonyl (C=O) groups excluding carboxylic acids is 1. The minimum absolute atomic E-state index is 0.0714. The number of hydrogen-bond acceptors (Lipinski definition) is 4. The zero-order valence-corrected chi connectivity index (χ0v) is 9.86. The van der Waals surface area contributed by atoms with Gasteiger partial charge in [0.2, 0.25) is 15.9 Å². The maximum atomic E-state index is 11.5. The van der Waals surface area contributed by atoms with Crippen molar-refractivity contribution in [3.05, 3.63) is 24.3 Å². The normalized spacial score (nSPS) is 12.5. The van der Waals surface area contributed by atoms with E-state index < -0.39 is 21.8 Å². The van der Waals surface area contributed by atoms with Crippen molar-refractivity contribution in [3.8, 4) is 6.07 Å². The van der Waals surface area contributed by atoms with Gasteiger partial charge in [-0.2, -0.15) is 5.26 Å². The smallest absolute Gasteiger partial charge is 0.241 e. The Bertz CT molecular complexity index is 575. The molecule has 0 saturated heterocycles. The topological polar surface area (TPSA) is 113 Å². The fourth-order valence-electron chi connectivity index (χ4n) is 1.12. The van der Waals surface area contributed by atoms with Crippen LogP contribution in [0.1, 0.15) is 6.92 Å². The van der Waals surface area contributed by atoms with E-state index in [1.807, 2.05) is 0 Å². The van der Waals surface area contributed by atoms with E-state index in [2.05, 4.69) is 5.32 Å². The first kappa shape index (κ1) is 13.2. The highest BCUT2D eigenvalue weighted by molar-refractivity contribution is 7.89. The van der Waals surface area contributed by atoms with Crippen LogP contribution in [0.4, 0.5) is 5.69 Å². The fraction of sp³-hybridized carbons (Fsp3) is 0.200. The monoisotopic (exact) mass is 253 g/mol. The molecule has 0 aliphatic heterocycles. The number of nitrogens with one attached hydrogen (secondary N) is 1. The van der Waals surface area contributed by atoms with E-state index in [0.29, 0.717) is 0 Å². The molecule has 1 rings (SSSR count). The van der Waals surface area contributed by atoms with Crippen molar-refractivity contribution >= 4 is 21.6 Å². The molecule has 0 spiro atoms. The Morgan fingerprint density at radius 2 is 2.06 bits per heavy atom. The molecule has 0 aliphatic carbocycles. The molecule has 0 aliphatic rings. The van der Waals surface area contributed by atoms with Gasteiger partial charge in [0.15, 0.2) is 0 Å². The first-order valence-electron chi connectivity index (χ1n) is 4.68. The molecule has 0 saturated carbocycles. The molecule has 1 aromatic rings. The lowest BCUT2D eigenvalue weighted by Gasteiger charge is -2.09. The van der Waals surface area contributed by atoms with Gasteiger partial charge in [0.25, 0.3) is 0 Å². The van der Waals surface area contributed by atoms with Crippen molar-refractivity contribution < 1.29 is 13.2 Å². The standard InChI is InChI=1S/C10H11N3O3S/c1-7(6-11)10(14)13-8-4-2-3-5-9(8)17(12,15)16/h2-5,7H,1H3,(H,13,14)(H2,12,15,16). The largest absolute Gasteiger partial charge is 0.324 e. The van der Waals surface area contributed by atoms with Crippen LogP contribution in [0.5, 0.6) is 0 Å². The van der Waals surface area contributed by atoms with Crippen LogP contribution >= 0.6 is 0 Å². The lowest BCUT2D eigenvalue weighted by Crippen LogP contribution is -2.22. The van der Waals surface area contributed by atoms with Crippen molar-refractivity contribution in [1.29, 1.82) is 5.26 Å². The highest BCUT2D eigenvalue weighted by Gasteiger charge is 2.17. The molecule has 1 aromatic carbocycles. The molecule has 7 heteroatoms. The minimum atomic E-state index is -3.91. The third-order valence-corrected chi connectivity index (χ3v) is 3.01. The summed E-state index contributed by atoms with van der Waals surface area (Å²) in [6.45, 7) is 1.41. The fourth-order valence-corrected chi connectivity index (χ4v) is 1.81. The van der Waals surface area contributed by atoms with Crippen LogP contribution in [0, 0.1) is 17.2 Å². The molecule has 3 N–H and O–H groups in total. The van der Waals surface area contributed by atoms with E-state index in [-0.39, 0.29) is 10.6 Å². The predicted molar refractivity (Wildman–Crippen MR) is 61.2 cm³/mol. The minimum Gasteiger partial charge on any atom is -0.324 e. The summed E-state index contributed by atoms with van der Waals surface area (Å²) in [6.07, 6.45) is 0. The Kier molecular flexibility index (Phi) is 3.83. The molecule has 1 unspecified atom stereocenters. The number of nitrogens with zero attached hydrogens (tertiary/aromatic N) is 1. The van der Waals surface area contributed by atoms with Gasteiger partial charge in [-0.25, -0.2) is 13.6 Å². The van der Waals surface area contributed by atoms with Crippen LogP contribution in [0.25, 0.3) is 0 Å². The van der Waals surface area contributed by atoms with Gasteiger partial charge >= 0.3 is 0 Å². The van der Waals surface area contributed by atoms with Gasteiger partial charge in [0.05, 0.1) is 11.8 Å². The van der Waals surface area contributed by atoms with Gasteiger partial charge < -0.3 is 5.32 Å². The highest BCUT2D eigenvalue weighted by atomic mass is 32.2. The van der Waals surface area contributed by atoms with E-state index in [9.17, 15) is 13.2 Å². The third kappa shape index (κ3) is 3.27. The zero-order valence-electron chi connectivity index (χ0n) is 9.04. The molecule has 0 fully saturated rings. The Labute approximate surface area is 99.1 Å². The number of anilines is 1. The maximum absolute atomic E-state index is 11.5. The Hall–Kier alpha value is -1.91. The number of nitrogens with two attached hydrogens (primary N) is 1. The second-order valence-electron chi connectivity index (χ2n) is 3.38. The van der Waals surface area contributed by atoms with Crippen molar-refractivity contribution in [2.24, 2.45) is 11.1 Å². The average molecular weight is 253 g/mol. The van der Waals surface area contributed by atoms with Gasteiger partial charge in [0, 0.05) is 0 Å². The molecule has 0 bridgehead atoms. The predicted octanol–water partition coefficient (Wildman–Crippen LogP) is 0.432. The number of benzene rings is 1. The number of nitriles is 1. The molecular weight excluding hydrogens is 242 g/mol. The van der Waals surface area contributed by atoms with Crippen LogP contribution in [0.2, 0.25) is 0 Å². The van der Waals surface area contributed by atoms with E-state index >= 15 is 0 Å². The lowest BCUT2D eigenvalue weighted by molar-refractivity contribution is -0.117. The van der Waals surface area contributed by atoms with Gasteiger partial charge in [-0.15, -0.1) is 0 Å². The summed E-state index contributed by atoms with van der Waals surface area (Å²) < 4.78 is 22.5. The first-order valence-corrected chi connectivity index (χ1v) is 6.23. The maximum Gasteiger partial charge on any atom is 0.241 e. The van der Waals surface area contributed by atoms with Crippen LogP contribution in [0.15, 0.2) is 29.2 Å². The number of rotatable bonds is 3. The van der Waals surface area contributed by atoms with E-state index in [1.54, 1.807) is 12.1 Å². The van der Waals surface area contributed by atoms with Crippen molar-refractivity contribution in [2.75, 3.05) is 5.32 Å². The Morgan fingerprint density at radius 1 is 1.47 bits per heavy atom. The van der Waals surface area contributed by atoms with Gasteiger partial charge in [-0.1, -0.05) is 12.1 Å². The van der Waals surface area contributed by atoms with E-state index in [1.165, 1.54) is 25.1 Å². The molecule has 0 aromatic heterocycles. The summed E-state index contributed by atoms with van der Waals surface area (Å²) in [5.74, 6) is -1.45. The second-order valence-corrected chi connectivity index (χ2v) is 4.91. The number of sulfonamides is 1. The third-order valence-electron chi connectivity index (χ3n) is 2.04. The second kappa shape index (κ2) is 4.95. The number of hydrogen-bond donors (Lipinski definition) is 2. The zero-order chi connectivity index (χ0) is 13.1. The van der Waals surface area contributed by atoms with Crippen LogP contribution in [0.3, 0.4) is 0 Å². The molecule has 17 heavy (non-hydrogen) atoms. The van der Waals surface area contributed by atoms with Crippen LogP contribution < -0.4 is 10.5 Å². The van der Waals surface area contributed by atoms with E-state index in [0.717, 1.165) is 0 Å². The SMILES string of the molecule is CC(C#N)C(=O)Nc1ccccc1S(N)(=O)=O. The Balaban J connectivity index is 3.09. The lowest BCUT2D eigenvalue weighted by atomic mass is 10.2. The first-order chi connectivity index (χ1) is 7.86. The molecule has 1 amide bonds. The summed E-state index contributed by atoms with van der Waals surface area (Å²) in [5, 5.41) is 15.9. The van der Waals surface area contributed by atoms with Crippen molar-refractivity contribution in [3.63, 3.8) is 0 Å². The number of carbonyl (C=O) groups is 1. The highest BCUT2D eigenvalue weighted by Crippen LogP contribution is 2.19. The number of primary sulfonamides is 1. The summed E-state index contributed by atoms with van der Waals surface area (Å²) in [5.41, 5.74) is 0.0714. The van der Waals surface area contributed by atoms with Gasteiger partial charge in [0.1, 0.15) is 10.8 Å². The van der Waals surface area contributed by atoms with E-state index in [4.69, 9.17) is 10.4 Å². The molecular formula is C10H11N3O3S. The molecule has 6 nitrogen and oxygen atoms in total. The van der Waals surface area contributed by atoms with Crippen molar-refractivity contribution in [1.82, 2.24) is 0 Å². The molecule has 90 valence electrons. The van der Waals surface area contributed by atoms with Crippen molar-refractivity contribution in [2.45, 2.75) is 11.8 Å². The Morgan fingerprint density at radius 3 is 2.59 bits per heavy atom. The number of para-hydroxylation sites is 1.